The van der Waals surface area contributed by atoms with Crippen LogP contribution in [0.3, 0.4) is 0 Å². The Hall–Kier alpha value is -1.57. The largest absolute Gasteiger partial charge is 0.310 e. The van der Waals surface area contributed by atoms with E-state index in [-0.39, 0.29) is 17.2 Å². The molecule has 6 nitrogen and oxygen atoms in total. The number of hydrogen-bond donors (Lipinski definition) is 0. The van der Waals surface area contributed by atoms with Crippen molar-refractivity contribution in [2.45, 2.75) is 52.5 Å². The van der Waals surface area contributed by atoms with Crippen molar-refractivity contribution in [1.82, 2.24) is 14.7 Å². The third kappa shape index (κ3) is 5.22. The third-order valence-electron chi connectivity index (χ3n) is 4.62. The van der Waals surface area contributed by atoms with E-state index >= 15 is 0 Å². The molecule has 1 aromatic heterocycles. The number of aromatic nitrogens is 2. The fourth-order valence-corrected chi connectivity index (χ4v) is 3.18. The lowest BCUT2D eigenvalue weighted by Crippen LogP contribution is -2.38. The summed E-state index contributed by atoms with van der Waals surface area (Å²) in [6.45, 7) is 5.94. The molecule has 0 bridgehead atoms. The van der Waals surface area contributed by atoms with Crippen LogP contribution >= 0.6 is 0 Å². The number of rotatable bonds is 8. The lowest BCUT2D eigenvalue weighted by atomic mass is 9.96. The van der Waals surface area contributed by atoms with Crippen LogP contribution in [0.4, 0.5) is 14.5 Å². The molecule has 1 fully saturated rings. The minimum atomic E-state index is -2.29. The van der Waals surface area contributed by atoms with Gasteiger partial charge in [0.15, 0.2) is 0 Å². The maximum atomic E-state index is 12.4. The molecule has 1 aliphatic heterocycles. The van der Waals surface area contributed by atoms with Gasteiger partial charge in [-0.1, -0.05) is 13.8 Å². The maximum absolute atomic E-state index is 12.4. The van der Waals surface area contributed by atoms with E-state index in [1.165, 1.54) is 6.20 Å². The average Bonchev–Trinajstić information content (AvgIpc) is 2.89. The summed E-state index contributed by atoms with van der Waals surface area (Å²) in [6.07, 6.45) is 2.20. The molecule has 0 unspecified atom stereocenters. The van der Waals surface area contributed by atoms with Gasteiger partial charge in [-0.15, -0.1) is 0 Å². The van der Waals surface area contributed by atoms with Gasteiger partial charge in [-0.3, -0.25) is 19.7 Å². The Labute approximate surface area is 141 Å². The normalized spacial score (nSPS) is 17.1. The van der Waals surface area contributed by atoms with E-state index in [4.69, 9.17) is 0 Å². The minimum Gasteiger partial charge on any atom is -0.298 e. The van der Waals surface area contributed by atoms with Crippen molar-refractivity contribution in [1.29, 1.82) is 0 Å². The minimum absolute atomic E-state index is 0.0887. The van der Waals surface area contributed by atoms with E-state index in [1.54, 1.807) is 9.58 Å². The predicted octanol–water partition coefficient (Wildman–Crippen LogP) is 3.36. The number of nitro groups is 1. The maximum Gasteiger partial charge on any atom is 0.310 e. The van der Waals surface area contributed by atoms with Crippen LogP contribution in [0.2, 0.25) is 0 Å². The highest BCUT2D eigenvalue weighted by molar-refractivity contribution is 5.33. The molecule has 0 saturated carbocycles. The fourth-order valence-electron chi connectivity index (χ4n) is 3.18. The van der Waals surface area contributed by atoms with Crippen LogP contribution in [0.5, 0.6) is 0 Å². The van der Waals surface area contributed by atoms with Crippen molar-refractivity contribution < 1.29 is 13.7 Å². The zero-order valence-corrected chi connectivity index (χ0v) is 14.3. The van der Waals surface area contributed by atoms with Crippen molar-refractivity contribution in [3.8, 4) is 0 Å². The first-order valence-electron chi connectivity index (χ1n) is 8.56. The van der Waals surface area contributed by atoms with E-state index in [1.807, 2.05) is 0 Å². The Bertz CT molecular complexity index is 540. The summed E-state index contributed by atoms with van der Waals surface area (Å²) < 4.78 is 26.6. The summed E-state index contributed by atoms with van der Waals surface area (Å²) in [7, 11) is 0. The Balaban J connectivity index is 1.98. The van der Waals surface area contributed by atoms with Crippen molar-refractivity contribution in [2.75, 3.05) is 19.6 Å². The van der Waals surface area contributed by atoms with Crippen LogP contribution in [0.25, 0.3) is 0 Å². The lowest BCUT2D eigenvalue weighted by molar-refractivity contribution is -0.385. The quantitative estimate of drug-likeness (QED) is 0.536. The van der Waals surface area contributed by atoms with Crippen molar-refractivity contribution in [3.63, 3.8) is 0 Å². The summed E-state index contributed by atoms with van der Waals surface area (Å²) in [5.41, 5.74) is 0.773. The smallest absolute Gasteiger partial charge is 0.298 e. The molecule has 0 atom stereocenters. The first kappa shape index (κ1) is 18.8. The highest BCUT2D eigenvalue weighted by Gasteiger charge is 2.25. The molecule has 8 heteroatoms. The van der Waals surface area contributed by atoms with E-state index < -0.39 is 6.43 Å². The lowest BCUT2D eigenvalue weighted by Gasteiger charge is -2.31. The Kier molecular flexibility index (Phi) is 6.65. The second kappa shape index (κ2) is 8.50. The number of nitrogens with zero attached hydrogens (tertiary/aromatic N) is 4. The highest BCUT2D eigenvalue weighted by Crippen LogP contribution is 2.25. The van der Waals surface area contributed by atoms with Gasteiger partial charge in [0, 0.05) is 6.54 Å². The number of piperidine rings is 1. The monoisotopic (exact) mass is 344 g/mol. The number of halogens is 2. The van der Waals surface area contributed by atoms with Crippen LogP contribution in [0.15, 0.2) is 6.20 Å². The first-order valence-corrected chi connectivity index (χ1v) is 8.56. The van der Waals surface area contributed by atoms with E-state index in [2.05, 4.69) is 18.9 Å². The summed E-state index contributed by atoms with van der Waals surface area (Å²) >= 11 is 0. The van der Waals surface area contributed by atoms with Gasteiger partial charge in [0.25, 0.3) is 6.43 Å². The molecule has 1 aromatic rings. The van der Waals surface area contributed by atoms with Crippen LogP contribution in [-0.4, -0.2) is 45.7 Å². The standard InChI is InChI=1S/C16H26F2N4O2/c1-12(2)3-4-14-15(22(23)24)9-19-21(14)10-13-5-7-20(8-6-13)11-16(17)18/h9,12-13,16H,3-8,10-11H2,1-2H3. The Morgan fingerprint density at radius 3 is 2.58 bits per heavy atom. The van der Waals surface area contributed by atoms with Gasteiger partial charge in [-0.25, -0.2) is 8.78 Å². The van der Waals surface area contributed by atoms with Gasteiger partial charge in [0.05, 0.1) is 11.5 Å². The van der Waals surface area contributed by atoms with Crippen LogP contribution in [0, 0.1) is 22.0 Å². The predicted molar refractivity (Wildman–Crippen MR) is 87.2 cm³/mol. The molecule has 0 radical (unpaired) electrons. The van der Waals surface area contributed by atoms with Gasteiger partial charge >= 0.3 is 5.69 Å². The Morgan fingerprint density at radius 1 is 1.38 bits per heavy atom. The van der Waals surface area contributed by atoms with Gasteiger partial charge in [0.2, 0.25) is 0 Å². The number of alkyl halides is 2. The summed E-state index contributed by atoms with van der Waals surface area (Å²) in [5.74, 6) is 0.793. The second-order valence-electron chi connectivity index (χ2n) is 6.98. The SMILES string of the molecule is CC(C)CCc1c([N+](=O)[O-])cnn1CC1CCN(CC(F)F)CC1. The molecule has 0 aromatic carbocycles. The zero-order chi connectivity index (χ0) is 17.7. The van der Waals surface area contributed by atoms with Gasteiger partial charge in [-0.05, 0) is 50.6 Å². The summed E-state index contributed by atoms with van der Waals surface area (Å²) in [4.78, 5) is 12.6. The van der Waals surface area contributed by atoms with Crippen LogP contribution < -0.4 is 0 Å². The summed E-state index contributed by atoms with van der Waals surface area (Å²) in [6, 6.07) is 0. The van der Waals surface area contributed by atoms with Crippen molar-refractivity contribution >= 4 is 5.69 Å². The number of hydrogen-bond acceptors (Lipinski definition) is 4. The molecule has 0 aliphatic carbocycles. The molecular formula is C16H26F2N4O2. The first-order chi connectivity index (χ1) is 11.4. The zero-order valence-electron chi connectivity index (χ0n) is 14.3. The number of likely N-dealkylation sites (tertiary alicyclic amines) is 1. The third-order valence-corrected chi connectivity index (χ3v) is 4.62. The average molecular weight is 344 g/mol. The molecule has 1 aliphatic rings. The molecule has 24 heavy (non-hydrogen) atoms. The van der Waals surface area contributed by atoms with Gasteiger partial charge in [-0.2, -0.15) is 5.10 Å². The molecular weight excluding hydrogens is 318 g/mol. The molecule has 136 valence electrons. The molecule has 0 amide bonds. The van der Waals surface area contributed by atoms with Crippen molar-refractivity contribution in [3.05, 3.63) is 22.0 Å². The van der Waals surface area contributed by atoms with Gasteiger partial charge in [0.1, 0.15) is 11.9 Å². The van der Waals surface area contributed by atoms with Crippen molar-refractivity contribution in [2.24, 2.45) is 11.8 Å². The molecule has 1 saturated heterocycles. The fraction of sp³-hybridized carbons (Fsp3) is 0.812. The van der Waals surface area contributed by atoms with E-state index in [0.717, 1.165) is 19.3 Å². The van der Waals surface area contributed by atoms with Gasteiger partial charge < -0.3 is 0 Å². The summed E-state index contributed by atoms with van der Waals surface area (Å²) in [5, 5.41) is 15.4. The van der Waals surface area contributed by atoms with Crippen LogP contribution in [-0.2, 0) is 13.0 Å². The van der Waals surface area contributed by atoms with E-state index in [9.17, 15) is 18.9 Å². The molecule has 0 N–H and O–H groups in total. The molecule has 2 rings (SSSR count). The second-order valence-corrected chi connectivity index (χ2v) is 6.98. The topological polar surface area (TPSA) is 64.2 Å². The molecule has 0 spiro atoms. The highest BCUT2D eigenvalue weighted by atomic mass is 19.3. The van der Waals surface area contributed by atoms with Crippen LogP contribution in [0.1, 0.15) is 38.8 Å². The Morgan fingerprint density at radius 2 is 2.04 bits per heavy atom. The molecule has 2 heterocycles. The van der Waals surface area contributed by atoms with E-state index in [0.29, 0.717) is 43.6 Å².